The Morgan fingerprint density at radius 1 is 1.38 bits per heavy atom. The number of aromatic nitrogens is 2. The molecular weight excluding hydrogens is 248 g/mol. The zero-order valence-corrected chi connectivity index (χ0v) is 9.64. The summed E-state index contributed by atoms with van der Waals surface area (Å²) in [5, 5.41) is 0.510. The minimum absolute atomic E-state index is 0.510. The molecule has 0 aliphatic carbocycles. The number of hydrogen-bond donors (Lipinski definition) is 4. The summed E-state index contributed by atoms with van der Waals surface area (Å²) in [7, 11) is 0. The third-order valence-electron chi connectivity index (χ3n) is 1.85. The molecule has 16 heavy (non-hydrogen) atoms. The second-order valence-electron chi connectivity index (χ2n) is 2.92. The largest absolute Gasteiger partial charge is 0.330 e. The molecule has 0 amide bonds. The number of imidazole rings is 1. The lowest BCUT2D eigenvalue weighted by Gasteiger charge is -2.08. The predicted octanol–water partition coefficient (Wildman–Crippen LogP) is 3.07. The fourth-order valence-electron chi connectivity index (χ4n) is 1.12. The Bertz CT molecular complexity index is 463. The summed E-state index contributed by atoms with van der Waals surface area (Å²) in [6.45, 7) is 0. The number of anilines is 2. The summed E-state index contributed by atoms with van der Waals surface area (Å²) in [6.07, 6.45) is 3.35. The van der Waals surface area contributed by atoms with Crippen LogP contribution in [0.3, 0.4) is 0 Å². The van der Waals surface area contributed by atoms with Crippen molar-refractivity contribution in [1.82, 2.24) is 9.97 Å². The van der Waals surface area contributed by atoms with E-state index in [1.165, 1.54) is 0 Å². The van der Waals surface area contributed by atoms with Gasteiger partial charge < -0.3 is 9.54 Å². The van der Waals surface area contributed by atoms with Crippen molar-refractivity contribution in [3.8, 4) is 0 Å². The third-order valence-corrected chi connectivity index (χ3v) is 2.83. The van der Waals surface area contributed by atoms with Gasteiger partial charge in [0.25, 0.3) is 0 Å². The quantitative estimate of drug-likeness (QED) is 0.500. The minimum atomic E-state index is 0.510. The Kier molecular flexibility index (Phi) is 3.55. The molecule has 0 unspecified atom stereocenters. The second-order valence-corrected chi connectivity index (χ2v) is 3.95. The van der Waals surface area contributed by atoms with E-state index in [4.69, 9.17) is 16.2 Å². The third kappa shape index (κ3) is 2.60. The highest BCUT2D eigenvalue weighted by atomic mass is 35.5. The van der Waals surface area contributed by atoms with Crippen molar-refractivity contribution in [2.24, 2.45) is 0 Å². The highest BCUT2D eigenvalue weighted by Crippen LogP contribution is 2.27. The Labute approximate surface area is 101 Å². The van der Waals surface area contributed by atoms with E-state index in [9.17, 15) is 0 Å². The van der Waals surface area contributed by atoms with Crippen LogP contribution in [0.5, 0.6) is 0 Å². The molecule has 84 valence electrons. The van der Waals surface area contributed by atoms with Crippen LogP contribution in [0, 0.1) is 0 Å². The molecule has 0 aliphatic rings. The summed E-state index contributed by atoms with van der Waals surface area (Å²) < 4.78 is 8.96. The number of hydrazine groups is 1. The zero-order valence-electron chi connectivity index (χ0n) is 8.07. The van der Waals surface area contributed by atoms with Gasteiger partial charge in [0.15, 0.2) is 0 Å². The van der Waals surface area contributed by atoms with Gasteiger partial charge in [-0.05, 0) is 18.2 Å². The maximum atomic E-state index is 8.96. The topological polar surface area (TPSA) is 73.0 Å². The zero-order chi connectivity index (χ0) is 11.4. The number of rotatable bonds is 4. The van der Waals surface area contributed by atoms with Crippen molar-refractivity contribution < 1.29 is 4.55 Å². The van der Waals surface area contributed by atoms with Crippen molar-refractivity contribution in [3.05, 3.63) is 35.6 Å². The Morgan fingerprint density at radius 3 is 2.94 bits per heavy atom. The van der Waals surface area contributed by atoms with Gasteiger partial charge in [0.2, 0.25) is 5.95 Å². The summed E-state index contributed by atoms with van der Waals surface area (Å²) >= 11 is 6.46. The lowest BCUT2D eigenvalue weighted by molar-refractivity contribution is 0.664. The molecule has 1 aromatic carbocycles. The molecule has 0 spiro atoms. The predicted molar refractivity (Wildman–Crippen MR) is 65.8 cm³/mol. The van der Waals surface area contributed by atoms with Crippen LogP contribution in [-0.2, 0) is 0 Å². The molecule has 1 heterocycles. The summed E-state index contributed by atoms with van der Waals surface area (Å²) in [5.74, 6) is 0.605. The van der Waals surface area contributed by atoms with Gasteiger partial charge in [-0.1, -0.05) is 11.6 Å². The molecule has 5 nitrogen and oxygen atoms in total. The van der Waals surface area contributed by atoms with Crippen molar-refractivity contribution in [3.63, 3.8) is 0 Å². The molecule has 0 bridgehead atoms. The van der Waals surface area contributed by atoms with E-state index in [-0.39, 0.29) is 0 Å². The average Bonchev–Trinajstić information content (AvgIpc) is 2.81. The second kappa shape index (κ2) is 5.11. The molecule has 0 saturated heterocycles. The number of nitrogens with one attached hydrogen (secondary N) is 3. The molecule has 7 heteroatoms. The van der Waals surface area contributed by atoms with E-state index in [1.807, 2.05) is 0 Å². The summed E-state index contributed by atoms with van der Waals surface area (Å²) in [6, 6.07) is 5.22. The van der Waals surface area contributed by atoms with Crippen LogP contribution >= 0.6 is 23.6 Å². The summed E-state index contributed by atoms with van der Waals surface area (Å²) in [5.41, 5.74) is 6.56. The molecule has 0 radical (unpaired) electrons. The van der Waals surface area contributed by atoms with Crippen LogP contribution in [0.1, 0.15) is 0 Å². The van der Waals surface area contributed by atoms with E-state index in [2.05, 4.69) is 20.8 Å². The van der Waals surface area contributed by atoms with Gasteiger partial charge in [-0.25, -0.2) is 4.98 Å². The van der Waals surface area contributed by atoms with Gasteiger partial charge in [-0.3, -0.25) is 10.9 Å². The number of benzene rings is 1. The smallest absolute Gasteiger partial charge is 0.219 e. The van der Waals surface area contributed by atoms with Crippen LogP contribution in [-0.4, -0.2) is 14.5 Å². The van der Waals surface area contributed by atoms with Crippen LogP contribution in [0.25, 0.3) is 0 Å². The van der Waals surface area contributed by atoms with Gasteiger partial charge >= 0.3 is 0 Å². The molecule has 4 N–H and O–H groups in total. The van der Waals surface area contributed by atoms with Crippen molar-refractivity contribution in [1.29, 1.82) is 0 Å². The lowest BCUT2D eigenvalue weighted by Crippen LogP contribution is -2.09. The van der Waals surface area contributed by atoms with E-state index in [0.29, 0.717) is 27.9 Å². The fourth-order valence-corrected chi connectivity index (χ4v) is 1.67. The SMILES string of the molecule is OSc1cc(NNc2ncc[nH]2)ccc1Cl. The average molecular weight is 257 g/mol. The number of nitrogens with zero attached hydrogens (tertiary/aromatic N) is 1. The van der Waals surface area contributed by atoms with Crippen LogP contribution in [0.4, 0.5) is 11.6 Å². The molecule has 0 aliphatic heterocycles. The highest BCUT2D eigenvalue weighted by molar-refractivity contribution is 7.93. The van der Waals surface area contributed by atoms with Crippen LogP contribution < -0.4 is 10.9 Å². The Hall–Kier alpha value is -1.37. The maximum absolute atomic E-state index is 8.96. The van der Waals surface area contributed by atoms with Crippen molar-refractivity contribution in [2.45, 2.75) is 4.90 Å². The van der Waals surface area contributed by atoms with E-state index < -0.39 is 0 Å². The number of hydrogen-bond acceptors (Lipinski definition) is 5. The first kappa shape index (κ1) is 11.1. The van der Waals surface area contributed by atoms with Crippen molar-refractivity contribution in [2.75, 3.05) is 10.9 Å². The van der Waals surface area contributed by atoms with Crippen LogP contribution in [0.2, 0.25) is 5.02 Å². The standard InChI is InChI=1S/C9H9ClN4OS/c10-7-2-1-6(5-8(7)16-15)13-14-9-11-3-4-12-9/h1-5,13,15H,(H2,11,12,14). The fraction of sp³-hybridized carbons (Fsp3) is 0. The lowest BCUT2D eigenvalue weighted by atomic mass is 10.3. The van der Waals surface area contributed by atoms with E-state index >= 15 is 0 Å². The Balaban J connectivity index is 2.04. The molecule has 0 saturated carbocycles. The summed E-state index contributed by atoms with van der Waals surface area (Å²) in [4.78, 5) is 7.45. The first-order valence-corrected chi connectivity index (χ1v) is 5.57. The van der Waals surface area contributed by atoms with Gasteiger partial charge in [-0.15, -0.1) is 0 Å². The molecule has 0 atom stereocenters. The molecule has 2 rings (SSSR count). The molecule has 0 fully saturated rings. The number of halogens is 1. The first-order valence-electron chi connectivity index (χ1n) is 4.42. The minimum Gasteiger partial charge on any atom is -0.330 e. The van der Waals surface area contributed by atoms with E-state index in [1.54, 1.807) is 30.6 Å². The van der Waals surface area contributed by atoms with Gasteiger partial charge in [0, 0.05) is 24.4 Å². The highest BCUT2D eigenvalue weighted by Gasteiger charge is 2.02. The van der Waals surface area contributed by atoms with Crippen molar-refractivity contribution >= 4 is 35.3 Å². The molecule has 2 aromatic rings. The van der Waals surface area contributed by atoms with Crippen LogP contribution in [0.15, 0.2) is 35.5 Å². The Morgan fingerprint density at radius 2 is 2.25 bits per heavy atom. The number of aromatic amines is 1. The first-order chi connectivity index (χ1) is 7.79. The maximum Gasteiger partial charge on any atom is 0.219 e. The van der Waals surface area contributed by atoms with Gasteiger partial charge in [0.05, 0.1) is 15.6 Å². The van der Waals surface area contributed by atoms with Gasteiger partial charge in [0.1, 0.15) is 0 Å². The number of H-pyrrole nitrogens is 1. The normalized spacial score (nSPS) is 10.1. The monoisotopic (exact) mass is 256 g/mol. The van der Waals surface area contributed by atoms with E-state index in [0.717, 1.165) is 5.69 Å². The van der Waals surface area contributed by atoms with Gasteiger partial charge in [-0.2, -0.15) is 0 Å². The molecular formula is C9H9ClN4OS. The molecule has 1 aromatic heterocycles.